The maximum atomic E-state index is 12.8. The van der Waals surface area contributed by atoms with Gasteiger partial charge in [-0.25, -0.2) is 4.79 Å². The van der Waals surface area contributed by atoms with Crippen LogP contribution in [0.2, 0.25) is 0 Å². The van der Waals surface area contributed by atoms with E-state index in [-0.39, 0.29) is 54.6 Å². The summed E-state index contributed by atoms with van der Waals surface area (Å²) >= 11 is 0. The van der Waals surface area contributed by atoms with E-state index in [0.717, 1.165) is 49.7 Å². The van der Waals surface area contributed by atoms with Gasteiger partial charge in [-0.3, -0.25) is 0 Å². The number of rotatable bonds is 11. The Morgan fingerprint density at radius 3 is 2.36 bits per heavy atom. The van der Waals surface area contributed by atoms with Gasteiger partial charge in [0, 0.05) is 13.0 Å². The van der Waals surface area contributed by atoms with Crippen molar-refractivity contribution in [1.82, 2.24) is 0 Å². The largest absolute Gasteiger partial charge is 0.478 e. The van der Waals surface area contributed by atoms with Gasteiger partial charge in [0.05, 0.1) is 17.3 Å². The first-order valence-corrected chi connectivity index (χ1v) is 20.5. The number of benzene rings is 2. The number of ether oxygens (including phenoxy) is 3. The number of allylic oxidation sites excluding steroid dienone is 1. The van der Waals surface area contributed by atoms with Crippen molar-refractivity contribution < 1.29 is 54.8 Å². The zero-order chi connectivity index (χ0) is 39.7. The highest BCUT2D eigenvalue weighted by Crippen LogP contribution is 2.67. The van der Waals surface area contributed by atoms with E-state index in [1.807, 2.05) is 24.3 Å². The van der Waals surface area contributed by atoms with Gasteiger partial charge in [0.2, 0.25) is 6.29 Å². The first-order chi connectivity index (χ1) is 26.9. The van der Waals surface area contributed by atoms with Crippen molar-refractivity contribution in [3.8, 4) is 17.8 Å². The van der Waals surface area contributed by atoms with Gasteiger partial charge < -0.3 is 50.0 Å². The molecule has 3 heterocycles. The second kappa shape index (κ2) is 16.8. The lowest BCUT2D eigenvalue weighted by Crippen LogP contribution is -2.70. The van der Waals surface area contributed by atoms with E-state index in [0.29, 0.717) is 37.9 Å². The maximum absolute atomic E-state index is 12.8. The number of aliphatic hydroxyl groups is 6. The summed E-state index contributed by atoms with van der Waals surface area (Å²) in [6.07, 6.45) is 4.88. The van der Waals surface area contributed by atoms with Gasteiger partial charge >= 0.3 is 5.97 Å². The van der Waals surface area contributed by atoms with Crippen molar-refractivity contribution >= 4 is 5.97 Å². The molecule has 11 heteroatoms. The van der Waals surface area contributed by atoms with E-state index >= 15 is 0 Å². The van der Waals surface area contributed by atoms with E-state index in [1.165, 1.54) is 0 Å². The van der Waals surface area contributed by atoms with Crippen LogP contribution in [-0.2, 0) is 22.3 Å². The van der Waals surface area contributed by atoms with Crippen molar-refractivity contribution in [3.63, 3.8) is 0 Å². The molecule has 11 nitrogen and oxygen atoms in total. The van der Waals surface area contributed by atoms with Crippen molar-refractivity contribution in [2.75, 3.05) is 6.61 Å². The summed E-state index contributed by atoms with van der Waals surface area (Å²) < 4.78 is 18.6. The fourth-order valence-electron chi connectivity index (χ4n) is 11.4. The maximum Gasteiger partial charge on any atom is 0.335 e. The van der Waals surface area contributed by atoms with Gasteiger partial charge in [-0.05, 0) is 135 Å². The Kier molecular flexibility index (Phi) is 12.2. The third-order valence-corrected chi connectivity index (χ3v) is 14.1. The van der Waals surface area contributed by atoms with Crippen molar-refractivity contribution in [1.29, 1.82) is 0 Å². The lowest BCUT2D eigenvalue weighted by molar-refractivity contribution is -0.334. The number of carbonyl (C=O) groups is 1. The molecule has 4 fully saturated rings. The lowest BCUT2D eigenvalue weighted by atomic mass is 9.59. The summed E-state index contributed by atoms with van der Waals surface area (Å²) in [5.74, 6) is 1.64. The Bertz CT molecular complexity index is 1730. The molecule has 0 radical (unpaired) electrons. The lowest BCUT2D eigenvalue weighted by Gasteiger charge is -2.52. The van der Waals surface area contributed by atoms with Crippen LogP contribution in [0.1, 0.15) is 98.5 Å². The fourth-order valence-corrected chi connectivity index (χ4v) is 11.4. The van der Waals surface area contributed by atoms with Gasteiger partial charge in [0.25, 0.3) is 0 Å². The quantitative estimate of drug-likeness (QED) is 0.126. The van der Waals surface area contributed by atoms with Gasteiger partial charge in [0.1, 0.15) is 36.3 Å². The summed E-state index contributed by atoms with van der Waals surface area (Å²) in [6, 6.07) is 14.3. The molecule has 2 bridgehead atoms. The van der Waals surface area contributed by atoms with E-state index in [4.69, 9.17) is 14.2 Å². The SMILES string of the molecule is C=CCc1ccc(O[C@H]2O[C@H]3[C@@H](O)[C@H](O)[C@]2(O)C[C@H]([C@H]2CC[C@@H]4C5(CCCC5)[C@H](Cc5ccc(C(=O)O)cc5)C[C@]4(O)C2)[C@@H](O)CC#CO[C@H]3CCCO)cc1. The van der Waals surface area contributed by atoms with E-state index in [1.54, 1.807) is 30.3 Å². The minimum absolute atomic E-state index is 0.0190. The van der Waals surface area contributed by atoms with Crippen LogP contribution in [0.4, 0.5) is 0 Å². The summed E-state index contributed by atoms with van der Waals surface area (Å²) in [6.45, 7) is 3.65. The molecule has 304 valence electrons. The first-order valence-electron chi connectivity index (χ1n) is 20.5. The van der Waals surface area contributed by atoms with Gasteiger partial charge in [0.15, 0.2) is 5.60 Å². The topological polar surface area (TPSA) is 186 Å². The zero-order valence-corrected chi connectivity index (χ0v) is 32.0. The number of fused-ring (bicyclic) bond motifs is 10. The summed E-state index contributed by atoms with van der Waals surface area (Å²) in [5.41, 5.74) is -0.981. The van der Waals surface area contributed by atoms with Crippen LogP contribution in [0.3, 0.4) is 0 Å². The molecule has 12 atom stereocenters. The number of carboxylic acids is 1. The molecule has 0 amide bonds. The number of hydrogen-bond acceptors (Lipinski definition) is 10. The third-order valence-electron chi connectivity index (χ3n) is 14.1. The van der Waals surface area contributed by atoms with Crippen molar-refractivity contribution in [2.45, 2.75) is 138 Å². The van der Waals surface area contributed by atoms with Crippen molar-refractivity contribution in [3.05, 3.63) is 77.9 Å². The zero-order valence-electron chi connectivity index (χ0n) is 32.0. The van der Waals surface area contributed by atoms with Crippen LogP contribution in [-0.4, -0.2) is 96.3 Å². The molecule has 8 rings (SSSR count). The van der Waals surface area contributed by atoms with Crippen LogP contribution < -0.4 is 4.74 Å². The number of carboxylic acid groups (broad SMARTS) is 1. The van der Waals surface area contributed by atoms with Crippen molar-refractivity contribution in [2.24, 2.45) is 29.1 Å². The molecule has 1 saturated heterocycles. The first kappa shape index (κ1) is 40.7. The van der Waals surface area contributed by atoms with E-state index < -0.39 is 59.9 Å². The monoisotopic (exact) mass is 774 g/mol. The van der Waals surface area contributed by atoms with E-state index in [2.05, 4.69) is 18.6 Å². The average molecular weight is 775 g/mol. The predicted molar refractivity (Wildman–Crippen MR) is 206 cm³/mol. The Morgan fingerprint density at radius 1 is 0.964 bits per heavy atom. The van der Waals surface area contributed by atoms with Crippen LogP contribution in [0, 0.1) is 41.1 Å². The number of aliphatic hydroxyl groups excluding tert-OH is 4. The molecule has 3 aliphatic heterocycles. The molecule has 2 aromatic rings. The number of hydrogen-bond donors (Lipinski definition) is 7. The van der Waals surface area contributed by atoms with Gasteiger partial charge in [-0.1, -0.05) is 49.1 Å². The molecule has 0 unspecified atom stereocenters. The Hall–Kier alpha value is -3.47. The average Bonchev–Trinajstić information content (AvgIpc) is 3.76. The van der Waals surface area contributed by atoms with Crippen LogP contribution in [0.5, 0.6) is 5.75 Å². The van der Waals surface area contributed by atoms with Gasteiger partial charge in [-0.2, -0.15) is 0 Å². The predicted octanol–water partition coefficient (Wildman–Crippen LogP) is 4.53. The second-order valence-corrected chi connectivity index (χ2v) is 17.3. The highest BCUT2D eigenvalue weighted by Gasteiger charge is 2.65. The van der Waals surface area contributed by atoms with Gasteiger partial charge in [-0.15, -0.1) is 6.58 Å². The summed E-state index contributed by atoms with van der Waals surface area (Å²) in [7, 11) is 0. The molecule has 56 heavy (non-hydrogen) atoms. The molecule has 2 aromatic carbocycles. The molecule has 3 saturated carbocycles. The van der Waals surface area contributed by atoms with Crippen LogP contribution in [0.15, 0.2) is 61.2 Å². The third kappa shape index (κ3) is 7.87. The molecular weight excluding hydrogens is 716 g/mol. The van der Waals surface area contributed by atoms with Crippen LogP contribution >= 0.6 is 0 Å². The number of aromatic carboxylic acids is 1. The normalized spacial score (nSPS) is 37.7. The minimum Gasteiger partial charge on any atom is -0.478 e. The molecule has 3 aliphatic carbocycles. The Labute approximate surface area is 329 Å². The Morgan fingerprint density at radius 2 is 1.68 bits per heavy atom. The summed E-state index contributed by atoms with van der Waals surface area (Å²) in [4.78, 5) is 11.5. The molecule has 6 aliphatic rings. The van der Waals surface area contributed by atoms with E-state index in [9.17, 15) is 40.5 Å². The Balaban J connectivity index is 1.19. The molecule has 0 aromatic heterocycles. The highest BCUT2D eigenvalue weighted by molar-refractivity contribution is 5.87. The molecule has 1 spiro atoms. The standard InChI is InChI=1S/C45H58O11/c1-2-7-28-12-17-33(18-13-28)55-42-45(53)27-34(35(47)8-6-23-54-36(9-5-22-46)39(56-42)38(48)40(45)49)31-16-19-37-43(20-3-4-21-43)32(26-44(37,52)25-31)24-29-10-14-30(15-11-29)41(50)51/h2,10-15,17-18,31-32,34-40,42,46-49,52-53H,1,3-5,7-9,16,19-22,24-27H2,(H,50,51)/t31-,32+,34+,35-,36-,37+,38+,39+,40-,42-,44+,45+/m0/s1. The smallest absolute Gasteiger partial charge is 0.335 e. The molecule has 7 N–H and O–H groups in total. The highest BCUT2D eigenvalue weighted by atomic mass is 16.7. The minimum atomic E-state index is -2.19. The molecular formula is C45H58O11. The second-order valence-electron chi connectivity index (χ2n) is 17.3. The summed E-state index contributed by atoms with van der Waals surface area (Å²) in [5, 5.41) is 79.9. The fraction of sp³-hybridized carbons (Fsp3) is 0.622. The van der Waals surface area contributed by atoms with Crippen LogP contribution in [0.25, 0.3) is 0 Å².